The molecule has 0 aromatic carbocycles. The van der Waals surface area contributed by atoms with Crippen LogP contribution in [0.25, 0.3) is 0 Å². The summed E-state index contributed by atoms with van der Waals surface area (Å²) in [6, 6.07) is 6.17. The fourth-order valence-electron chi connectivity index (χ4n) is 3.46. The monoisotopic (exact) mass is 332 g/mol. The number of nitrogens with one attached hydrogen (secondary N) is 2. The van der Waals surface area contributed by atoms with Gasteiger partial charge in [0.1, 0.15) is 0 Å². The number of ether oxygens (including phenoxy) is 1. The molecule has 1 amide bonds. The quantitative estimate of drug-likeness (QED) is 0.840. The summed E-state index contributed by atoms with van der Waals surface area (Å²) in [5.41, 5.74) is 0.950. The van der Waals surface area contributed by atoms with Gasteiger partial charge in [-0.1, -0.05) is 6.07 Å². The van der Waals surface area contributed by atoms with Crippen LogP contribution in [-0.2, 0) is 16.1 Å². The first-order chi connectivity index (χ1) is 11.8. The van der Waals surface area contributed by atoms with E-state index in [4.69, 9.17) is 4.74 Å². The minimum Gasteiger partial charge on any atom is -0.375 e. The average Bonchev–Trinajstić information content (AvgIpc) is 2.90. The van der Waals surface area contributed by atoms with Gasteiger partial charge in [-0.15, -0.1) is 0 Å². The summed E-state index contributed by atoms with van der Waals surface area (Å²) in [7, 11) is 0. The van der Waals surface area contributed by atoms with Crippen LogP contribution in [0.1, 0.15) is 31.4 Å². The van der Waals surface area contributed by atoms with Crippen LogP contribution in [-0.4, -0.2) is 60.7 Å². The Morgan fingerprint density at radius 2 is 2.21 bits per heavy atom. The number of amides is 1. The van der Waals surface area contributed by atoms with Crippen molar-refractivity contribution in [2.75, 3.05) is 32.8 Å². The smallest absolute Gasteiger partial charge is 0.225 e. The van der Waals surface area contributed by atoms with Crippen LogP contribution in [0.5, 0.6) is 0 Å². The number of hydrogen-bond acceptors (Lipinski definition) is 5. The molecule has 0 radical (unpaired) electrons. The molecule has 0 saturated carbocycles. The molecule has 132 valence electrons. The Labute approximate surface area is 144 Å². The van der Waals surface area contributed by atoms with Gasteiger partial charge in [-0.25, -0.2) is 0 Å². The second-order valence-corrected chi connectivity index (χ2v) is 6.58. The number of rotatable bonds is 5. The molecule has 2 aliphatic heterocycles. The predicted molar refractivity (Wildman–Crippen MR) is 92.5 cm³/mol. The van der Waals surface area contributed by atoms with E-state index in [1.165, 1.54) is 0 Å². The molecule has 0 bridgehead atoms. The van der Waals surface area contributed by atoms with E-state index in [2.05, 4.69) is 15.6 Å². The Bertz CT molecular complexity index is 497. The Morgan fingerprint density at radius 1 is 1.25 bits per heavy atom. The summed E-state index contributed by atoms with van der Waals surface area (Å²) in [5, 5.41) is 6.73. The molecule has 2 aliphatic rings. The number of hydrogen-bond donors (Lipinski definition) is 2. The molecule has 0 spiro atoms. The van der Waals surface area contributed by atoms with Crippen molar-refractivity contribution in [1.29, 1.82) is 0 Å². The Balaban J connectivity index is 1.68. The highest BCUT2D eigenvalue weighted by Gasteiger charge is 2.27. The molecule has 1 aromatic rings. The first kappa shape index (κ1) is 17.3. The zero-order valence-electron chi connectivity index (χ0n) is 14.2. The molecule has 3 rings (SSSR count). The van der Waals surface area contributed by atoms with Crippen molar-refractivity contribution in [1.82, 2.24) is 20.5 Å². The van der Waals surface area contributed by atoms with E-state index in [9.17, 15) is 4.79 Å². The molecule has 2 fully saturated rings. The van der Waals surface area contributed by atoms with Crippen molar-refractivity contribution in [3.63, 3.8) is 0 Å². The van der Waals surface area contributed by atoms with E-state index in [1.54, 1.807) is 6.20 Å². The minimum absolute atomic E-state index is 0.0126. The van der Waals surface area contributed by atoms with Gasteiger partial charge in [0.05, 0.1) is 31.4 Å². The van der Waals surface area contributed by atoms with Gasteiger partial charge in [0.25, 0.3) is 0 Å². The predicted octanol–water partition coefficient (Wildman–Crippen LogP) is 0.931. The zero-order valence-corrected chi connectivity index (χ0v) is 14.2. The molecule has 2 N–H and O–H groups in total. The van der Waals surface area contributed by atoms with Crippen LogP contribution >= 0.6 is 0 Å². The summed E-state index contributed by atoms with van der Waals surface area (Å²) in [5.74, 6) is 0.182. The third-order valence-corrected chi connectivity index (χ3v) is 4.77. The Hall–Kier alpha value is -1.50. The first-order valence-electron chi connectivity index (χ1n) is 9.05. The second-order valence-electron chi connectivity index (χ2n) is 6.58. The summed E-state index contributed by atoms with van der Waals surface area (Å²) in [4.78, 5) is 19.4. The minimum atomic E-state index is -0.0126. The number of nitrogens with zero attached hydrogens (tertiary/aromatic N) is 2. The highest BCUT2D eigenvalue weighted by molar-refractivity contribution is 5.77. The average molecular weight is 332 g/mol. The van der Waals surface area contributed by atoms with Crippen LogP contribution in [0.4, 0.5) is 0 Å². The second kappa shape index (κ2) is 9.11. The van der Waals surface area contributed by atoms with Crippen LogP contribution in [0.15, 0.2) is 24.4 Å². The lowest BCUT2D eigenvalue weighted by Crippen LogP contribution is -2.45. The van der Waals surface area contributed by atoms with Gasteiger partial charge < -0.3 is 20.3 Å². The highest BCUT2D eigenvalue weighted by atomic mass is 16.5. The summed E-state index contributed by atoms with van der Waals surface area (Å²) < 4.78 is 5.72. The Kier molecular flexibility index (Phi) is 6.57. The van der Waals surface area contributed by atoms with E-state index < -0.39 is 0 Å². The molecular formula is C18H28N4O2. The van der Waals surface area contributed by atoms with Gasteiger partial charge in [-0.05, 0) is 44.5 Å². The molecule has 1 aromatic heterocycles. The fourth-order valence-corrected chi connectivity index (χ4v) is 3.46. The molecule has 0 unspecified atom stereocenters. The molecule has 6 nitrogen and oxygen atoms in total. The third kappa shape index (κ3) is 5.00. The molecule has 2 atom stereocenters. The maximum Gasteiger partial charge on any atom is 0.225 e. The Morgan fingerprint density at radius 3 is 3.00 bits per heavy atom. The van der Waals surface area contributed by atoms with Crippen molar-refractivity contribution in [3.05, 3.63) is 30.1 Å². The molecule has 0 aliphatic carbocycles. The normalized spacial score (nSPS) is 25.0. The standard InChI is InChI=1S/C18H28N4O2/c23-18(12-17-13-20-10-11-24-17)22(14-15-4-1-2-8-21-15)16-5-3-7-19-9-6-16/h1-2,4,8,16-17,19-20H,3,5-7,9-14H2/t16-,17-/m1/s1. The van der Waals surface area contributed by atoms with Crippen LogP contribution in [0.3, 0.4) is 0 Å². The van der Waals surface area contributed by atoms with Crippen molar-refractivity contribution in [2.45, 2.75) is 44.4 Å². The lowest BCUT2D eigenvalue weighted by molar-refractivity contribution is -0.138. The summed E-state index contributed by atoms with van der Waals surface area (Å²) in [6.45, 7) is 4.91. The molecule has 24 heavy (non-hydrogen) atoms. The maximum absolute atomic E-state index is 13.0. The van der Waals surface area contributed by atoms with Crippen molar-refractivity contribution in [3.8, 4) is 0 Å². The topological polar surface area (TPSA) is 66.5 Å². The lowest BCUT2D eigenvalue weighted by atomic mass is 10.1. The third-order valence-electron chi connectivity index (χ3n) is 4.77. The van der Waals surface area contributed by atoms with E-state index in [-0.39, 0.29) is 18.1 Å². The van der Waals surface area contributed by atoms with Gasteiger partial charge in [-0.3, -0.25) is 9.78 Å². The van der Waals surface area contributed by atoms with Gasteiger partial charge in [-0.2, -0.15) is 0 Å². The number of carbonyl (C=O) groups excluding carboxylic acids is 1. The molecule has 2 saturated heterocycles. The van der Waals surface area contributed by atoms with Gasteiger partial charge in [0, 0.05) is 25.3 Å². The highest BCUT2D eigenvalue weighted by Crippen LogP contribution is 2.18. The summed E-state index contributed by atoms with van der Waals surface area (Å²) in [6.07, 6.45) is 5.39. The number of carbonyl (C=O) groups is 1. The van der Waals surface area contributed by atoms with Crippen molar-refractivity contribution >= 4 is 5.91 Å². The number of aromatic nitrogens is 1. The molecule has 3 heterocycles. The van der Waals surface area contributed by atoms with Crippen molar-refractivity contribution in [2.24, 2.45) is 0 Å². The van der Waals surface area contributed by atoms with Gasteiger partial charge in [0.2, 0.25) is 5.91 Å². The molecule has 6 heteroatoms. The van der Waals surface area contributed by atoms with Crippen LogP contribution in [0, 0.1) is 0 Å². The van der Waals surface area contributed by atoms with Crippen molar-refractivity contribution < 1.29 is 9.53 Å². The lowest BCUT2D eigenvalue weighted by Gasteiger charge is -2.33. The summed E-state index contributed by atoms with van der Waals surface area (Å²) >= 11 is 0. The molecular weight excluding hydrogens is 304 g/mol. The van der Waals surface area contributed by atoms with E-state index in [1.807, 2.05) is 23.1 Å². The largest absolute Gasteiger partial charge is 0.375 e. The first-order valence-corrected chi connectivity index (χ1v) is 9.05. The van der Waals surface area contributed by atoms with E-state index in [0.29, 0.717) is 19.6 Å². The fraction of sp³-hybridized carbons (Fsp3) is 0.667. The SMILES string of the molecule is O=C(C[C@@H]1CNCCO1)N(Cc1ccccn1)[C@@H]1CCCNCC1. The van der Waals surface area contributed by atoms with Gasteiger partial charge in [0.15, 0.2) is 0 Å². The maximum atomic E-state index is 13.0. The number of pyridine rings is 1. The van der Waals surface area contributed by atoms with Crippen LogP contribution < -0.4 is 10.6 Å². The van der Waals surface area contributed by atoms with E-state index in [0.717, 1.165) is 51.1 Å². The van der Waals surface area contributed by atoms with Gasteiger partial charge >= 0.3 is 0 Å². The zero-order chi connectivity index (χ0) is 16.6. The van der Waals surface area contributed by atoms with Crippen LogP contribution in [0.2, 0.25) is 0 Å². The number of morpholine rings is 1. The van der Waals surface area contributed by atoms with E-state index >= 15 is 0 Å².